The number of hydrogen-bond acceptors (Lipinski definition) is 5. The van der Waals surface area contributed by atoms with Crippen LogP contribution in [0.1, 0.15) is 56.3 Å². The molecule has 0 N–H and O–H groups in total. The molecule has 1 fully saturated rings. The van der Waals surface area contributed by atoms with Crippen LogP contribution in [0.2, 0.25) is 0 Å². The second-order valence-electron chi connectivity index (χ2n) is 11.1. The first-order valence-electron chi connectivity index (χ1n) is 14.1. The van der Waals surface area contributed by atoms with Crippen LogP contribution in [-0.4, -0.2) is 29.7 Å². The van der Waals surface area contributed by atoms with Crippen molar-refractivity contribution < 1.29 is 23.9 Å². The Balaban J connectivity index is 1.25. The molecule has 3 atom stereocenters. The van der Waals surface area contributed by atoms with Crippen LogP contribution >= 0.6 is 23.2 Å². The molecule has 0 radical (unpaired) electrons. The van der Waals surface area contributed by atoms with Crippen LogP contribution < -0.4 is 4.90 Å². The molecule has 1 aliphatic heterocycles. The molecule has 8 rings (SSSR count). The van der Waals surface area contributed by atoms with Gasteiger partial charge >= 0.3 is 5.97 Å². The minimum atomic E-state index is -1.31. The van der Waals surface area contributed by atoms with Gasteiger partial charge in [0.1, 0.15) is 9.75 Å². The van der Waals surface area contributed by atoms with Gasteiger partial charge < -0.3 is 4.74 Å². The zero-order valence-electron chi connectivity index (χ0n) is 23.0. The third kappa shape index (κ3) is 3.73. The number of imide groups is 1. The lowest BCUT2D eigenvalue weighted by Crippen LogP contribution is -2.57. The Kier molecular flexibility index (Phi) is 6.35. The van der Waals surface area contributed by atoms with Gasteiger partial charge in [-0.2, -0.15) is 0 Å². The monoisotopic (exact) mass is 609 g/mol. The summed E-state index contributed by atoms with van der Waals surface area (Å²) in [5, 5.41) is 0. The van der Waals surface area contributed by atoms with Crippen LogP contribution in [0.5, 0.6) is 0 Å². The SMILES string of the molecule is CC[C@@H](OC(=O)c1cccc(N2C(=O)[C@@H]3[C@H](C2=O)C2(Cl)c4ccccc4C3(Cl)c3ccccc32)c1)C(=O)c1ccccc1. The highest BCUT2D eigenvalue weighted by Gasteiger charge is 2.73. The highest BCUT2D eigenvalue weighted by Crippen LogP contribution is 2.69. The number of carbonyl (C=O) groups is 4. The Hall–Kier alpha value is -4.26. The van der Waals surface area contributed by atoms with E-state index in [1.807, 2.05) is 48.5 Å². The van der Waals surface area contributed by atoms with Crippen molar-refractivity contribution in [2.75, 3.05) is 4.90 Å². The predicted octanol–water partition coefficient (Wildman–Crippen LogP) is 6.60. The molecule has 43 heavy (non-hydrogen) atoms. The standard InChI is InChI=1S/C35H25Cl2NO5/c1-2-27(30(39)20-11-4-3-5-12-20)43-33(42)21-13-10-14-22(19-21)38-31(40)28-29(32(38)41)35(37)24-16-7-6-15-23(24)34(28,36)25-17-8-9-18-26(25)35/h3-19,27-29H,2H2,1H3/t27-,28-,29+,34?,35?/m1/s1. The van der Waals surface area contributed by atoms with Gasteiger partial charge in [-0.3, -0.25) is 14.4 Å². The number of ether oxygens (including phenoxy) is 1. The van der Waals surface area contributed by atoms with E-state index in [4.69, 9.17) is 27.9 Å². The normalized spacial score (nSPS) is 25.5. The van der Waals surface area contributed by atoms with Crippen molar-refractivity contribution in [1.29, 1.82) is 0 Å². The van der Waals surface area contributed by atoms with Gasteiger partial charge in [0.2, 0.25) is 17.6 Å². The minimum absolute atomic E-state index is 0.100. The van der Waals surface area contributed by atoms with Crippen molar-refractivity contribution in [3.8, 4) is 0 Å². The number of rotatable bonds is 6. The number of anilines is 1. The number of halogens is 2. The van der Waals surface area contributed by atoms with E-state index in [1.165, 1.54) is 12.1 Å². The number of carbonyl (C=O) groups excluding carboxylic acids is 4. The van der Waals surface area contributed by atoms with Crippen LogP contribution in [0.25, 0.3) is 0 Å². The van der Waals surface area contributed by atoms with Crippen LogP contribution in [-0.2, 0) is 24.1 Å². The van der Waals surface area contributed by atoms with Crippen molar-refractivity contribution in [2.45, 2.75) is 29.2 Å². The van der Waals surface area contributed by atoms with Crippen molar-refractivity contribution in [3.05, 3.63) is 137 Å². The maximum Gasteiger partial charge on any atom is 0.338 e. The summed E-state index contributed by atoms with van der Waals surface area (Å²) in [5.41, 5.74) is 3.58. The highest BCUT2D eigenvalue weighted by molar-refractivity contribution is 6.38. The minimum Gasteiger partial charge on any atom is -0.450 e. The maximum atomic E-state index is 14.3. The predicted molar refractivity (Wildman–Crippen MR) is 162 cm³/mol. The van der Waals surface area contributed by atoms with E-state index in [9.17, 15) is 19.2 Å². The smallest absolute Gasteiger partial charge is 0.338 e. The molecule has 0 spiro atoms. The third-order valence-electron chi connectivity index (χ3n) is 8.90. The molecule has 4 aromatic rings. The summed E-state index contributed by atoms with van der Waals surface area (Å²) in [6.07, 6.45) is -0.709. The topological polar surface area (TPSA) is 80.8 Å². The van der Waals surface area contributed by atoms with Gasteiger partial charge in [-0.1, -0.05) is 91.9 Å². The second kappa shape index (κ2) is 9.90. The number of amides is 2. The average molecular weight is 610 g/mol. The molecule has 2 amide bonds. The summed E-state index contributed by atoms with van der Waals surface area (Å²) in [5.74, 6) is -3.96. The average Bonchev–Trinajstić information content (AvgIpc) is 3.33. The molecule has 1 heterocycles. The molecule has 0 unspecified atom stereocenters. The number of Topliss-reactive ketones (excluding diaryl/α,β-unsaturated/α-hetero) is 1. The van der Waals surface area contributed by atoms with Gasteiger partial charge in [-0.15, -0.1) is 23.2 Å². The summed E-state index contributed by atoms with van der Waals surface area (Å²) in [6.45, 7) is 1.76. The maximum absolute atomic E-state index is 14.3. The van der Waals surface area contributed by atoms with E-state index >= 15 is 0 Å². The summed E-state index contributed by atoms with van der Waals surface area (Å²) in [6, 6.07) is 29.6. The second-order valence-corrected chi connectivity index (χ2v) is 12.3. The van der Waals surface area contributed by atoms with E-state index in [1.54, 1.807) is 49.4 Å². The Morgan fingerprint density at radius 1 is 0.721 bits per heavy atom. The molecule has 8 heteroatoms. The zero-order chi connectivity index (χ0) is 30.1. The fourth-order valence-corrected chi connectivity index (χ4v) is 8.10. The lowest BCUT2D eigenvalue weighted by molar-refractivity contribution is -0.122. The molecule has 214 valence electrons. The van der Waals surface area contributed by atoms with Crippen LogP contribution in [0.3, 0.4) is 0 Å². The lowest BCUT2D eigenvalue weighted by atomic mass is 9.54. The Bertz CT molecular complexity index is 1720. The molecule has 4 aliphatic rings. The molecular formula is C35H25Cl2NO5. The molecule has 4 aromatic carbocycles. The summed E-state index contributed by atoms with van der Waals surface area (Å²) < 4.78 is 5.61. The highest BCUT2D eigenvalue weighted by atomic mass is 35.5. The third-order valence-corrected chi connectivity index (χ3v) is 10.2. The van der Waals surface area contributed by atoms with Gasteiger partial charge in [-0.25, -0.2) is 9.69 Å². The Labute approximate surface area is 258 Å². The van der Waals surface area contributed by atoms with Crippen molar-refractivity contribution in [3.63, 3.8) is 0 Å². The number of ketones is 1. The van der Waals surface area contributed by atoms with Gasteiger partial charge in [0, 0.05) is 5.56 Å². The van der Waals surface area contributed by atoms with E-state index in [2.05, 4.69) is 0 Å². The number of alkyl halides is 2. The summed E-state index contributed by atoms with van der Waals surface area (Å²) in [7, 11) is 0. The molecule has 3 aliphatic carbocycles. The van der Waals surface area contributed by atoms with Crippen molar-refractivity contribution in [1.82, 2.24) is 0 Å². The number of esters is 1. The molecule has 2 bridgehead atoms. The molecule has 0 saturated carbocycles. The Morgan fingerprint density at radius 3 is 1.67 bits per heavy atom. The summed E-state index contributed by atoms with van der Waals surface area (Å²) >= 11 is 15.0. The van der Waals surface area contributed by atoms with E-state index in [-0.39, 0.29) is 23.5 Å². The van der Waals surface area contributed by atoms with Crippen LogP contribution in [0.4, 0.5) is 5.69 Å². The first-order chi connectivity index (χ1) is 20.7. The molecule has 6 nitrogen and oxygen atoms in total. The first-order valence-corrected chi connectivity index (χ1v) is 14.8. The lowest BCUT2D eigenvalue weighted by Gasteiger charge is -2.54. The Morgan fingerprint density at radius 2 is 1.19 bits per heavy atom. The first kappa shape index (κ1) is 27.6. The molecule has 0 aromatic heterocycles. The van der Waals surface area contributed by atoms with Gasteiger partial charge in [0.25, 0.3) is 0 Å². The van der Waals surface area contributed by atoms with Crippen LogP contribution in [0, 0.1) is 11.8 Å². The van der Waals surface area contributed by atoms with E-state index < -0.39 is 45.5 Å². The summed E-state index contributed by atoms with van der Waals surface area (Å²) in [4.78, 5) is 53.2. The largest absolute Gasteiger partial charge is 0.450 e. The van der Waals surface area contributed by atoms with Crippen molar-refractivity contribution in [2.24, 2.45) is 11.8 Å². The number of hydrogen-bond donors (Lipinski definition) is 0. The fraction of sp³-hybridized carbons (Fsp3) is 0.200. The van der Waals surface area contributed by atoms with Gasteiger partial charge in [0.15, 0.2) is 6.10 Å². The quantitative estimate of drug-likeness (QED) is 0.106. The van der Waals surface area contributed by atoms with Gasteiger partial charge in [0.05, 0.1) is 23.1 Å². The number of benzene rings is 4. The van der Waals surface area contributed by atoms with Crippen molar-refractivity contribution >= 4 is 52.5 Å². The van der Waals surface area contributed by atoms with Gasteiger partial charge in [-0.05, 0) is 46.9 Å². The molecular weight excluding hydrogens is 585 g/mol. The number of nitrogens with zero attached hydrogens (tertiary/aromatic N) is 1. The van der Waals surface area contributed by atoms with E-state index in [0.717, 1.165) is 4.90 Å². The molecule has 1 saturated heterocycles. The fourth-order valence-electron chi connectivity index (χ4n) is 7.00. The zero-order valence-corrected chi connectivity index (χ0v) is 24.5. The van der Waals surface area contributed by atoms with E-state index in [0.29, 0.717) is 27.8 Å². The van der Waals surface area contributed by atoms with Crippen LogP contribution in [0.15, 0.2) is 103 Å².